The zero-order valence-electron chi connectivity index (χ0n) is 27.0. The lowest BCUT2D eigenvalue weighted by Gasteiger charge is -2.45. The number of piperazine rings is 1. The van der Waals surface area contributed by atoms with Gasteiger partial charge in [0.25, 0.3) is 5.91 Å². The number of ether oxygens (including phenoxy) is 3. The van der Waals surface area contributed by atoms with Crippen molar-refractivity contribution in [3.8, 4) is 29.0 Å². The molecule has 0 saturated carbocycles. The predicted octanol–water partition coefficient (Wildman–Crippen LogP) is 3.07. The van der Waals surface area contributed by atoms with E-state index in [2.05, 4.69) is 30.1 Å². The second kappa shape index (κ2) is 13.5. The maximum Gasteiger partial charge on any atom is 0.303 e. The third-order valence-corrected chi connectivity index (χ3v) is 9.14. The van der Waals surface area contributed by atoms with E-state index in [1.54, 1.807) is 25.4 Å². The molecule has 0 radical (unpaired) electrons. The molecule has 3 fully saturated rings. The molecule has 13 nitrogen and oxygen atoms in total. The number of nitrogens with one attached hydrogen (secondary N) is 1. The van der Waals surface area contributed by atoms with Crippen LogP contribution in [-0.4, -0.2) is 119 Å². The second-order valence-corrected chi connectivity index (χ2v) is 12.4. The highest BCUT2D eigenvalue weighted by molar-refractivity contribution is 5.80. The largest absolute Gasteiger partial charge is 0.480 e. The monoisotopic (exact) mass is 664 g/mol. The standard InChI is InChI=1S/C33H38F2N8O5/c1-21(44)30(45)43-11-9-32(2,33(34,35)20-43)48-27-6-4-22(16-23(27)17-36)25-8-10-37-31(38-25)40-28-7-5-26(29(39-28)46-3)42-14-12-41(13-15-42)24-18-47-19-24/h4-8,10,16,21,24,44H,9,11-15,18-20H2,1-3H3,(H,37,38,39,40)/t21-,32?/m0/s1. The number of methoxy groups -OCH3 is 1. The number of halogens is 2. The highest BCUT2D eigenvalue weighted by Crippen LogP contribution is 2.41. The van der Waals surface area contributed by atoms with Crippen molar-refractivity contribution in [2.75, 3.05) is 69.8 Å². The zero-order chi connectivity index (χ0) is 34.1. The smallest absolute Gasteiger partial charge is 0.303 e. The van der Waals surface area contributed by atoms with Gasteiger partial charge in [-0.05, 0) is 50.2 Å². The topological polar surface area (TPSA) is 149 Å². The van der Waals surface area contributed by atoms with Crippen molar-refractivity contribution >= 4 is 23.4 Å². The van der Waals surface area contributed by atoms with Gasteiger partial charge < -0.3 is 34.4 Å². The van der Waals surface area contributed by atoms with Gasteiger partial charge in [-0.15, -0.1) is 0 Å². The summed E-state index contributed by atoms with van der Waals surface area (Å²) in [5.41, 5.74) is -0.00389. The number of aromatic nitrogens is 3. The Morgan fingerprint density at radius 3 is 2.56 bits per heavy atom. The summed E-state index contributed by atoms with van der Waals surface area (Å²) >= 11 is 0. The minimum absolute atomic E-state index is 0.0130. The number of nitriles is 1. The van der Waals surface area contributed by atoms with E-state index in [4.69, 9.17) is 14.2 Å². The lowest BCUT2D eigenvalue weighted by Crippen LogP contribution is -2.63. The van der Waals surface area contributed by atoms with E-state index in [0.717, 1.165) is 50.0 Å². The summed E-state index contributed by atoms with van der Waals surface area (Å²) in [7, 11) is 1.58. The summed E-state index contributed by atoms with van der Waals surface area (Å²) in [5, 5.41) is 22.6. The number of piperidine rings is 1. The van der Waals surface area contributed by atoms with Crippen molar-refractivity contribution in [2.45, 2.75) is 43.9 Å². The molecule has 3 aliphatic heterocycles. The van der Waals surface area contributed by atoms with Crippen LogP contribution in [0.15, 0.2) is 42.6 Å². The van der Waals surface area contributed by atoms with Gasteiger partial charge in [-0.2, -0.15) is 10.2 Å². The summed E-state index contributed by atoms with van der Waals surface area (Å²) in [6.07, 6.45) is -0.0209. The van der Waals surface area contributed by atoms with Gasteiger partial charge in [0.1, 0.15) is 29.4 Å². The average Bonchev–Trinajstić information content (AvgIpc) is 3.05. The van der Waals surface area contributed by atoms with Crippen molar-refractivity contribution in [3.63, 3.8) is 0 Å². The van der Waals surface area contributed by atoms with Crippen LogP contribution in [0.4, 0.5) is 26.2 Å². The number of benzene rings is 1. The molecular formula is C33H38F2N8O5. The first-order valence-corrected chi connectivity index (χ1v) is 15.8. The minimum Gasteiger partial charge on any atom is -0.480 e. The summed E-state index contributed by atoms with van der Waals surface area (Å²) in [6.45, 7) is 6.76. The van der Waals surface area contributed by atoms with Crippen LogP contribution in [0, 0.1) is 11.3 Å². The summed E-state index contributed by atoms with van der Waals surface area (Å²) in [4.78, 5) is 31.3. The van der Waals surface area contributed by atoms with Crippen molar-refractivity contribution in [2.24, 2.45) is 0 Å². The number of carbonyl (C=O) groups excluding carboxylic acids is 1. The van der Waals surface area contributed by atoms with Crippen LogP contribution in [0.25, 0.3) is 11.3 Å². The first-order chi connectivity index (χ1) is 23.0. The van der Waals surface area contributed by atoms with Crippen LogP contribution >= 0.6 is 0 Å². The van der Waals surface area contributed by atoms with Crippen LogP contribution in [0.5, 0.6) is 11.6 Å². The number of amides is 1. The molecule has 1 aromatic carbocycles. The predicted molar refractivity (Wildman–Crippen MR) is 172 cm³/mol. The number of anilines is 3. The number of aliphatic hydroxyl groups is 1. The molecule has 2 aromatic heterocycles. The molecule has 6 rings (SSSR count). The Bertz CT molecular complexity index is 1690. The normalized spacial score (nSPS) is 21.9. The number of pyridine rings is 1. The van der Waals surface area contributed by atoms with E-state index < -0.39 is 30.1 Å². The van der Waals surface area contributed by atoms with Crippen molar-refractivity contribution in [3.05, 3.63) is 48.2 Å². The maximum atomic E-state index is 15.3. The van der Waals surface area contributed by atoms with Crippen LogP contribution < -0.4 is 19.7 Å². The van der Waals surface area contributed by atoms with Gasteiger partial charge in [-0.1, -0.05) is 0 Å². The first kappa shape index (κ1) is 33.3. The summed E-state index contributed by atoms with van der Waals surface area (Å²) in [6, 6.07) is 12.6. The van der Waals surface area contributed by atoms with E-state index in [1.165, 1.54) is 26.0 Å². The molecule has 2 atom stereocenters. The highest BCUT2D eigenvalue weighted by atomic mass is 19.3. The van der Waals surface area contributed by atoms with Gasteiger partial charge in [0.2, 0.25) is 11.8 Å². The van der Waals surface area contributed by atoms with Gasteiger partial charge >= 0.3 is 5.92 Å². The number of alkyl halides is 2. The fraction of sp³-hybridized carbons (Fsp3) is 0.485. The molecule has 1 unspecified atom stereocenters. The van der Waals surface area contributed by atoms with E-state index in [9.17, 15) is 15.2 Å². The fourth-order valence-corrected chi connectivity index (χ4v) is 6.05. The van der Waals surface area contributed by atoms with Crippen LogP contribution in [-0.2, 0) is 9.53 Å². The van der Waals surface area contributed by atoms with Crippen LogP contribution in [0.1, 0.15) is 25.8 Å². The maximum absolute atomic E-state index is 15.3. The molecule has 3 saturated heterocycles. The van der Waals surface area contributed by atoms with E-state index >= 15 is 8.78 Å². The summed E-state index contributed by atoms with van der Waals surface area (Å²) < 4.78 is 47.4. The third-order valence-electron chi connectivity index (χ3n) is 9.14. The number of carbonyl (C=O) groups is 1. The fourth-order valence-electron chi connectivity index (χ4n) is 6.05. The average molecular weight is 665 g/mol. The molecular weight excluding hydrogens is 626 g/mol. The van der Waals surface area contributed by atoms with Gasteiger partial charge in [-0.3, -0.25) is 9.69 Å². The van der Waals surface area contributed by atoms with Gasteiger partial charge in [0.05, 0.1) is 44.2 Å². The SMILES string of the molecule is COc1nc(Nc2nccc(-c3ccc(OC4(C)CCN(C(=O)[C@H](C)O)CC4(F)F)c(C#N)c3)n2)ccc1N1CCN(C2COC2)CC1. The molecule has 3 aromatic rings. The van der Waals surface area contributed by atoms with Crippen molar-refractivity contribution in [1.82, 2.24) is 24.8 Å². The third kappa shape index (κ3) is 6.69. The first-order valence-electron chi connectivity index (χ1n) is 15.8. The van der Waals surface area contributed by atoms with E-state index in [1.807, 2.05) is 18.2 Å². The number of aliphatic hydroxyl groups excluding tert-OH is 1. The molecule has 2 N–H and O–H groups in total. The van der Waals surface area contributed by atoms with Crippen LogP contribution in [0.3, 0.4) is 0 Å². The van der Waals surface area contributed by atoms with Crippen molar-refractivity contribution < 1.29 is 32.9 Å². The second-order valence-electron chi connectivity index (χ2n) is 12.4. The lowest BCUT2D eigenvalue weighted by atomic mass is 9.88. The summed E-state index contributed by atoms with van der Waals surface area (Å²) in [5.74, 6) is -3.00. The molecule has 254 valence electrons. The number of hydrogen-bond donors (Lipinski definition) is 2. The van der Waals surface area contributed by atoms with Gasteiger partial charge in [0, 0.05) is 50.9 Å². The molecule has 5 heterocycles. The minimum atomic E-state index is -3.44. The molecule has 1 amide bonds. The Morgan fingerprint density at radius 1 is 1.15 bits per heavy atom. The zero-order valence-corrected chi connectivity index (χ0v) is 27.0. The van der Waals surface area contributed by atoms with E-state index in [-0.39, 0.29) is 30.2 Å². The quantitative estimate of drug-likeness (QED) is 0.346. The molecule has 15 heteroatoms. The Hall–Kier alpha value is -4.65. The number of nitrogens with zero attached hydrogens (tertiary/aromatic N) is 7. The Morgan fingerprint density at radius 2 is 1.92 bits per heavy atom. The lowest BCUT2D eigenvalue weighted by molar-refractivity contribution is -0.199. The number of hydrogen-bond acceptors (Lipinski definition) is 12. The number of rotatable bonds is 9. The Labute approximate surface area is 277 Å². The van der Waals surface area contributed by atoms with E-state index in [0.29, 0.717) is 29.0 Å². The molecule has 3 aliphatic rings. The van der Waals surface area contributed by atoms with Gasteiger partial charge in [-0.25, -0.2) is 18.7 Å². The molecule has 0 bridgehead atoms. The molecule has 0 aliphatic carbocycles. The highest BCUT2D eigenvalue weighted by Gasteiger charge is 2.57. The Balaban J connectivity index is 1.14. The van der Waals surface area contributed by atoms with Crippen LogP contribution in [0.2, 0.25) is 0 Å². The molecule has 48 heavy (non-hydrogen) atoms. The Kier molecular flexibility index (Phi) is 9.33. The van der Waals surface area contributed by atoms with Gasteiger partial charge in [0.15, 0.2) is 5.60 Å². The number of likely N-dealkylation sites (tertiary alicyclic amines) is 1. The molecule has 0 spiro atoms. The van der Waals surface area contributed by atoms with Crippen molar-refractivity contribution in [1.29, 1.82) is 5.26 Å².